The van der Waals surface area contributed by atoms with Gasteiger partial charge in [-0.3, -0.25) is 9.78 Å². The largest absolute Gasteiger partial charge is 0.493 e. The van der Waals surface area contributed by atoms with Crippen molar-refractivity contribution in [1.29, 1.82) is 0 Å². The number of amides is 1. The smallest absolute Gasteiger partial charge is 0.223 e. The Bertz CT molecular complexity index is 553. The highest BCUT2D eigenvalue weighted by atomic mass is 16.5. The lowest BCUT2D eigenvalue weighted by Crippen LogP contribution is -2.30. The van der Waals surface area contributed by atoms with Gasteiger partial charge < -0.3 is 14.4 Å². The molecule has 2 aliphatic rings. The number of nitrogens with zero attached hydrogens (tertiary/aromatic N) is 2. The number of aromatic nitrogens is 1. The topological polar surface area (TPSA) is 51.7 Å². The first-order valence-corrected chi connectivity index (χ1v) is 8.01. The van der Waals surface area contributed by atoms with E-state index in [9.17, 15) is 4.79 Å². The molecule has 0 unspecified atom stereocenters. The van der Waals surface area contributed by atoms with Crippen molar-refractivity contribution in [1.82, 2.24) is 9.88 Å². The van der Waals surface area contributed by atoms with Crippen molar-refractivity contribution in [3.63, 3.8) is 0 Å². The fourth-order valence-electron chi connectivity index (χ4n) is 3.91. The first-order chi connectivity index (χ1) is 10.7. The number of pyridine rings is 1. The van der Waals surface area contributed by atoms with Crippen molar-refractivity contribution < 1.29 is 14.3 Å². The zero-order valence-electron chi connectivity index (χ0n) is 13.4. The summed E-state index contributed by atoms with van der Waals surface area (Å²) in [5.74, 6) is 1.53. The molecule has 1 spiro atoms. The molecule has 0 aromatic carbocycles. The molecule has 2 fully saturated rings. The molecule has 1 saturated carbocycles. The van der Waals surface area contributed by atoms with Gasteiger partial charge in [0.15, 0.2) is 11.5 Å². The molecule has 0 radical (unpaired) electrons. The summed E-state index contributed by atoms with van der Waals surface area (Å²) in [6, 6.07) is 1.77. The lowest BCUT2D eigenvalue weighted by Gasteiger charge is -2.32. The zero-order chi connectivity index (χ0) is 15.6. The number of methoxy groups -OCH3 is 2. The minimum Gasteiger partial charge on any atom is -0.493 e. The van der Waals surface area contributed by atoms with Crippen LogP contribution in [0.4, 0.5) is 0 Å². The lowest BCUT2D eigenvalue weighted by molar-refractivity contribution is -0.128. The Hall–Kier alpha value is -1.78. The molecule has 120 valence electrons. The molecule has 5 heteroatoms. The number of carbonyl (C=O) groups excluding carboxylic acids is 1. The number of ether oxygens (including phenoxy) is 2. The third kappa shape index (κ3) is 2.76. The Balaban J connectivity index is 1.77. The van der Waals surface area contributed by atoms with E-state index in [1.807, 2.05) is 4.90 Å². The van der Waals surface area contributed by atoms with E-state index in [-0.39, 0.29) is 11.3 Å². The summed E-state index contributed by atoms with van der Waals surface area (Å²) >= 11 is 0. The van der Waals surface area contributed by atoms with Crippen LogP contribution in [0, 0.1) is 5.41 Å². The summed E-state index contributed by atoms with van der Waals surface area (Å²) in [5.41, 5.74) is 0.976. The summed E-state index contributed by atoms with van der Waals surface area (Å²) in [6.07, 6.45) is 8.56. The van der Waals surface area contributed by atoms with Gasteiger partial charge >= 0.3 is 0 Å². The number of rotatable bonds is 4. The molecule has 1 aliphatic carbocycles. The molecule has 1 aromatic heterocycles. The Morgan fingerprint density at radius 1 is 1.23 bits per heavy atom. The Morgan fingerprint density at radius 2 is 2.00 bits per heavy atom. The van der Waals surface area contributed by atoms with Gasteiger partial charge in [0.2, 0.25) is 5.91 Å². The molecule has 1 saturated heterocycles. The molecular weight excluding hydrogens is 280 g/mol. The normalized spacial score (nSPS) is 20.5. The van der Waals surface area contributed by atoms with E-state index in [0.29, 0.717) is 24.5 Å². The highest BCUT2D eigenvalue weighted by Gasteiger charge is 2.43. The number of hydrogen-bond donors (Lipinski definition) is 0. The lowest BCUT2D eigenvalue weighted by atomic mass is 9.73. The molecular formula is C17H24N2O3. The van der Waals surface area contributed by atoms with Crippen LogP contribution in [0.3, 0.4) is 0 Å². The summed E-state index contributed by atoms with van der Waals surface area (Å²) < 4.78 is 10.7. The predicted octanol–water partition coefficient (Wildman–Crippen LogP) is 2.78. The maximum atomic E-state index is 12.4. The van der Waals surface area contributed by atoms with Crippen LogP contribution in [-0.4, -0.2) is 36.6 Å². The summed E-state index contributed by atoms with van der Waals surface area (Å²) in [7, 11) is 3.22. The fraction of sp³-hybridized carbons (Fsp3) is 0.647. The standard InChI is InChI=1S/C17H24N2O3/c1-21-14-6-9-18-13(16(14)22-2)11-19-12-17(10-15(19)20)7-4-3-5-8-17/h6,9H,3-5,7-8,10-12H2,1-2H3. The second kappa shape index (κ2) is 6.15. The maximum Gasteiger partial charge on any atom is 0.223 e. The van der Waals surface area contributed by atoms with Crippen molar-refractivity contribution in [2.75, 3.05) is 20.8 Å². The zero-order valence-corrected chi connectivity index (χ0v) is 13.4. The minimum absolute atomic E-state index is 0.210. The van der Waals surface area contributed by atoms with Gasteiger partial charge in [-0.05, 0) is 18.3 Å². The molecule has 0 bridgehead atoms. The molecule has 2 heterocycles. The molecule has 3 rings (SSSR count). The fourth-order valence-corrected chi connectivity index (χ4v) is 3.91. The number of carbonyl (C=O) groups is 1. The van der Waals surface area contributed by atoms with Gasteiger partial charge in [0.05, 0.1) is 20.8 Å². The van der Waals surface area contributed by atoms with E-state index in [0.717, 1.165) is 12.2 Å². The van der Waals surface area contributed by atoms with Crippen LogP contribution in [0.2, 0.25) is 0 Å². The minimum atomic E-state index is 0.210. The number of hydrogen-bond acceptors (Lipinski definition) is 4. The van der Waals surface area contributed by atoms with Crippen molar-refractivity contribution in [3.8, 4) is 11.5 Å². The molecule has 1 aromatic rings. The second-order valence-corrected chi connectivity index (χ2v) is 6.48. The van der Waals surface area contributed by atoms with Gasteiger partial charge in [-0.2, -0.15) is 0 Å². The first kappa shape index (κ1) is 15.1. The molecule has 0 N–H and O–H groups in total. The van der Waals surface area contributed by atoms with Crippen LogP contribution < -0.4 is 9.47 Å². The maximum absolute atomic E-state index is 12.4. The van der Waals surface area contributed by atoms with E-state index < -0.39 is 0 Å². The molecule has 0 atom stereocenters. The Labute approximate surface area is 131 Å². The van der Waals surface area contributed by atoms with Gasteiger partial charge in [-0.25, -0.2) is 0 Å². The number of likely N-dealkylation sites (tertiary alicyclic amines) is 1. The average molecular weight is 304 g/mol. The van der Waals surface area contributed by atoms with Gasteiger partial charge in [0, 0.05) is 25.2 Å². The molecule has 22 heavy (non-hydrogen) atoms. The van der Waals surface area contributed by atoms with Crippen molar-refractivity contribution in [2.24, 2.45) is 5.41 Å². The van der Waals surface area contributed by atoms with E-state index in [1.165, 1.54) is 32.1 Å². The third-order valence-electron chi connectivity index (χ3n) is 5.03. The summed E-state index contributed by atoms with van der Waals surface area (Å²) in [6.45, 7) is 1.36. The predicted molar refractivity (Wildman–Crippen MR) is 82.9 cm³/mol. The molecule has 1 amide bonds. The van der Waals surface area contributed by atoms with Gasteiger partial charge in [0.25, 0.3) is 0 Å². The van der Waals surface area contributed by atoms with Crippen LogP contribution in [-0.2, 0) is 11.3 Å². The highest BCUT2D eigenvalue weighted by molar-refractivity contribution is 5.79. The van der Waals surface area contributed by atoms with Crippen LogP contribution in [0.1, 0.15) is 44.2 Å². The van der Waals surface area contributed by atoms with E-state index >= 15 is 0 Å². The van der Waals surface area contributed by atoms with E-state index in [4.69, 9.17) is 9.47 Å². The summed E-state index contributed by atoms with van der Waals surface area (Å²) in [5, 5.41) is 0. The summed E-state index contributed by atoms with van der Waals surface area (Å²) in [4.78, 5) is 18.8. The first-order valence-electron chi connectivity index (χ1n) is 8.01. The van der Waals surface area contributed by atoms with Crippen LogP contribution in [0.15, 0.2) is 12.3 Å². The van der Waals surface area contributed by atoms with Gasteiger partial charge in [0.1, 0.15) is 5.69 Å². The second-order valence-electron chi connectivity index (χ2n) is 6.48. The van der Waals surface area contributed by atoms with Crippen LogP contribution >= 0.6 is 0 Å². The average Bonchev–Trinajstić information content (AvgIpc) is 2.82. The van der Waals surface area contributed by atoms with Gasteiger partial charge in [-0.15, -0.1) is 0 Å². The van der Waals surface area contributed by atoms with Crippen molar-refractivity contribution in [3.05, 3.63) is 18.0 Å². The molecule has 1 aliphatic heterocycles. The van der Waals surface area contributed by atoms with Crippen LogP contribution in [0.5, 0.6) is 11.5 Å². The highest BCUT2D eigenvalue weighted by Crippen LogP contribution is 2.45. The SMILES string of the molecule is COc1ccnc(CN2CC3(CCCCC3)CC2=O)c1OC. The van der Waals surface area contributed by atoms with E-state index in [2.05, 4.69) is 4.98 Å². The van der Waals surface area contributed by atoms with Crippen LogP contribution in [0.25, 0.3) is 0 Å². The van der Waals surface area contributed by atoms with E-state index in [1.54, 1.807) is 26.5 Å². The molecule has 5 nitrogen and oxygen atoms in total. The quantitative estimate of drug-likeness (QED) is 0.858. The Kier molecular flexibility index (Phi) is 4.23. The van der Waals surface area contributed by atoms with Crippen molar-refractivity contribution in [2.45, 2.75) is 45.1 Å². The third-order valence-corrected chi connectivity index (χ3v) is 5.03. The van der Waals surface area contributed by atoms with Crippen molar-refractivity contribution >= 4 is 5.91 Å². The van der Waals surface area contributed by atoms with Gasteiger partial charge in [-0.1, -0.05) is 19.3 Å². The Morgan fingerprint density at radius 3 is 2.68 bits per heavy atom. The monoisotopic (exact) mass is 304 g/mol.